The van der Waals surface area contributed by atoms with Gasteiger partial charge in [0.25, 0.3) is 0 Å². The lowest BCUT2D eigenvalue weighted by Gasteiger charge is -2.38. The second kappa shape index (κ2) is 8.06. The minimum Gasteiger partial charge on any atom is -0.352 e. The third-order valence-electron chi connectivity index (χ3n) is 3.04. The first kappa shape index (κ1) is 15.9. The minimum atomic E-state index is -0.842. The van der Waals surface area contributed by atoms with Gasteiger partial charge in [0.2, 0.25) is 0 Å². The van der Waals surface area contributed by atoms with E-state index in [1.807, 2.05) is 30.3 Å². The number of carbonyl (C=O) groups is 1. The van der Waals surface area contributed by atoms with Gasteiger partial charge in [-0.1, -0.05) is 30.3 Å². The lowest BCUT2D eigenvalue weighted by Crippen LogP contribution is -2.59. The molecule has 7 nitrogen and oxygen atoms in total. The molecule has 2 heterocycles. The number of ether oxygens (including phenoxy) is 1. The van der Waals surface area contributed by atoms with Gasteiger partial charge in [0.1, 0.15) is 6.33 Å². The van der Waals surface area contributed by atoms with Crippen molar-refractivity contribution in [3.8, 4) is 0 Å². The quantitative estimate of drug-likeness (QED) is 0.754. The minimum absolute atomic E-state index is 0.514. The van der Waals surface area contributed by atoms with E-state index in [9.17, 15) is 4.79 Å². The molecule has 4 N–H and O–H groups in total. The van der Waals surface area contributed by atoms with E-state index in [1.54, 1.807) is 18.5 Å². The van der Waals surface area contributed by atoms with Gasteiger partial charge in [-0.15, -0.1) is 0 Å². The first-order chi connectivity index (χ1) is 10.7. The van der Waals surface area contributed by atoms with Gasteiger partial charge in [-0.25, -0.2) is 14.8 Å². The summed E-state index contributed by atoms with van der Waals surface area (Å²) in [6.07, 6.45) is 4.88. The van der Waals surface area contributed by atoms with Crippen molar-refractivity contribution in [1.82, 2.24) is 20.6 Å². The maximum atomic E-state index is 11.0. The Hall–Kier alpha value is -2.51. The van der Waals surface area contributed by atoms with Gasteiger partial charge < -0.3 is 21.1 Å². The fourth-order valence-corrected chi connectivity index (χ4v) is 2.11. The molecule has 1 aromatic heterocycles. The Morgan fingerprint density at radius 1 is 1.23 bits per heavy atom. The van der Waals surface area contributed by atoms with Gasteiger partial charge in [0, 0.05) is 31.0 Å². The van der Waals surface area contributed by atoms with Gasteiger partial charge in [0.05, 0.1) is 6.61 Å². The van der Waals surface area contributed by atoms with Gasteiger partial charge in [-0.3, -0.25) is 0 Å². The van der Waals surface area contributed by atoms with E-state index in [4.69, 9.17) is 10.5 Å². The molecule has 2 amide bonds. The highest BCUT2D eigenvalue weighted by atomic mass is 16.5. The first-order valence-corrected chi connectivity index (χ1v) is 6.91. The molecule has 1 unspecified atom stereocenters. The molecular weight excluding hydrogens is 282 g/mol. The molecule has 1 saturated heterocycles. The van der Waals surface area contributed by atoms with E-state index in [0.29, 0.717) is 13.2 Å². The lowest BCUT2D eigenvalue weighted by molar-refractivity contribution is -0.0858. The van der Waals surface area contributed by atoms with Crippen molar-refractivity contribution in [3.05, 3.63) is 60.7 Å². The van der Waals surface area contributed by atoms with Crippen LogP contribution in [0.15, 0.2) is 55.1 Å². The van der Waals surface area contributed by atoms with Crippen LogP contribution in [-0.4, -0.2) is 35.7 Å². The summed E-state index contributed by atoms with van der Waals surface area (Å²) in [7, 11) is 0. The average molecular weight is 301 g/mol. The second-order valence-electron chi connectivity index (χ2n) is 4.61. The maximum Gasteiger partial charge on any atom is 0.314 e. The highest BCUT2D eigenvalue weighted by molar-refractivity contribution is 5.72. The number of nitrogens with one attached hydrogen (secondary N) is 2. The van der Waals surface area contributed by atoms with E-state index in [0.717, 1.165) is 12.1 Å². The third kappa shape index (κ3) is 4.51. The fraction of sp³-hybridized carbons (Fsp3) is 0.267. The van der Waals surface area contributed by atoms with Crippen LogP contribution in [0.3, 0.4) is 0 Å². The number of nitrogens with zero attached hydrogens (tertiary/aromatic N) is 2. The van der Waals surface area contributed by atoms with E-state index >= 15 is 0 Å². The van der Waals surface area contributed by atoms with Crippen LogP contribution in [0.1, 0.15) is 5.56 Å². The van der Waals surface area contributed by atoms with Crippen LogP contribution in [0.5, 0.6) is 0 Å². The Kier molecular flexibility index (Phi) is 5.81. The van der Waals surface area contributed by atoms with Crippen LogP contribution < -0.4 is 16.4 Å². The molecule has 1 aromatic carbocycles. The summed E-state index contributed by atoms with van der Waals surface area (Å²) in [6, 6.07) is 10.7. The lowest BCUT2D eigenvalue weighted by atomic mass is 10.0. The van der Waals surface area contributed by atoms with Crippen molar-refractivity contribution in [2.75, 3.05) is 19.7 Å². The molecule has 1 fully saturated rings. The largest absolute Gasteiger partial charge is 0.352 e. The second-order valence-corrected chi connectivity index (χ2v) is 4.61. The molecule has 1 aliphatic rings. The van der Waals surface area contributed by atoms with Crippen LogP contribution in [-0.2, 0) is 10.5 Å². The first-order valence-electron chi connectivity index (χ1n) is 6.91. The van der Waals surface area contributed by atoms with Crippen LogP contribution in [0.25, 0.3) is 0 Å². The number of hydrogen-bond donors (Lipinski definition) is 3. The molecule has 0 bridgehead atoms. The molecular formula is C15H19N5O2. The van der Waals surface area contributed by atoms with Crippen LogP contribution in [0.4, 0.5) is 4.79 Å². The standard InChI is InChI=1S/C11H15N3O2.C4H4N2/c12-10(15)14-11(8-13-6-7-16-11)9-4-2-1-3-5-9;1-2-5-4-6-3-1/h1-5,13H,6-8H2,(H3,12,14,15);1-4H. The summed E-state index contributed by atoms with van der Waals surface area (Å²) >= 11 is 0. The summed E-state index contributed by atoms with van der Waals surface area (Å²) in [5.41, 5.74) is 5.24. The maximum absolute atomic E-state index is 11.0. The Morgan fingerprint density at radius 3 is 2.41 bits per heavy atom. The van der Waals surface area contributed by atoms with Crippen LogP contribution >= 0.6 is 0 Å². The van der Waals surface area contributed by atoms with Gasteiger partial charge in [-0.2, -0.15) is 0 Å². The predicted molar refractivity (Wildman–Crippen MR) is 81.7 cm³/mol. The molecule has 1 aliphatic heterocycles. The van der Waals surface area contributed by atoms with E-state index in [-0.39, 0.29) is 0 Å². The topological polar surface area (TPSA) is 102 Å². The normalized spacial score (nSPS) is 20.4. The highest BCUT2D eigenvalue weighted by Gasteiger charge is 2.36. The average Bonchev–Trinajstić information content (AvgIpc) is 2.58. The molecule has 0 radical (unpaired) electrons. The molecule has 1 atom stereocenters. The van der Waals surface area contributed by atoms with E-state index in [1.165, 1.54) is 6.33 Å². The summed E-state index contributed by atoms with van der Waals surface area (Å²) < 4.78 is 5.69. The molecule has 3 rings (SSSR count). The molecule has 7 heteroatoms. The summed E-state index contributed by atoms with van der Waals surface area (Å²) in [4.78, 5) is 18.4. The summed E-state index contributed by atoms with van der Waals surface area (Å²) in [6.45, 7) is 1.82. The van der Waals surface area contributed by atoms with Crippen LogP contribution in [0, 0.1) is 0 Å². The number of carbonyl (C=O) groups excluding carboxylic acids is 1. The zero-order valence-corrected chi connectivity index (χ0v) is 12.1. The summed E-state index contributed by atoms with van der Waals surface area (Å²) in [5, 5.41) is 5.85. The van der Waals surface area contributed by atoms with Crippen molar-refractivity contribution in [1.29, 1.82) is 0 Å². The monoisotopic (exact) mass is 301 g/mol. The smallest absolute Gasteiger partial charge is 0.314 e. The van der Waals surface area contributed by atoms with Crippen molar-refractivity contribution >= 4 is 6.03 Å². The number of aromatic nitrogens is 2. The number of benzene rings is 1. The zero-order chi connectivity index (χ0) is 15.7. The van der Waals surface area contributed by atoms with Gasteiger partial charge >= 0.3 is 6.03 Å². The Labute approximate surface area is 128 Å². The number of nitrogens with two attached hydrogens (primary N) is 1. The van der Waals surface area contributed by atoms with Crippen molar-refractivity contribution in [3.63, 3.8) is 0 Å². The highest BCUT2D eigenvalue weighted by Crippen LogP contribution is 2.23. The van der Waals surface area contributed by atoms with Gasteiger partial charge in [-0.05, 0) is 6.07 Å². The van der Waals surface area contributed by atoms with Crippen molar-refractivity contribution in [2.24, 2.45) is 5.73 Å². The third-order valence-corrected chi connectivity index (χ3v) is 3.04. The molecule has 22 heavy (non-hydrogen) atoms. The van der Waals surface area contributed by atoms with Crippen molar-refractivity contribution in [2.45, 2.75) is 5.72 Å². The Morgan fingerprint density at radius 2 is 1.95 bits per heavy atom. The molecule has 0 aliphatic carbocycles. The fourth-order valence-electron chi connectivity index (χ4n) is 2.11. The van der Waals surface area contributed by atoms with Crippen molar-refractivity contribution < 1.29 is 9.53 Å². The number of primary amides is 1. The van der Waals surface area contributed by atoms with E-state index < -0.39 is 11.8 Å². The number of amides is 2. The summed E-state index contributed by atoms with van der Waals surface area (Å²) in [5.74, 6) is 0. The van der Waals surface area contributed by atoms with Gasteiger partial charge in [0.15, 0.2) is 5.72 Å². The van der Waals surface area contributed by atoms with Crippen LogP contribution in [0.2, 0.25) is 0 Å². The Balaban J connectivity index is 0.000000246. The SMILES string of the molecule is NC(=O)NC1(c2ccccc2)CNCCO1.c1cncnc1. The molecule has 0 spiro atoms. The molecule has 0 saturated carbocycles. The molecule has 116 valence electrons. The van der Waals surface area contributed by atoms with E-state index in [2.05, 4.69) is 20.6 Å². The zero-order valence-electron chi connectivity index (χ0n) is 12.1. The number of rotatable bonds is 2. The molecule has 2 aromatic rings. The Bertz CT molecular complexity index is 532. The number of morpholine rings is 1. The number of hydrogen-bond acceptors (Lipinski definition) is 5. The number of urea groups is 1. The predicted octanol–water partition coefficient (Wildman–Crippen LogP) is 0.604.